The van der Waals surface area contributed by atoms with Crippen LogP contribution in [-0.2, 0) is 4.74 Å². The lowest BCUT2D eigenvalue weighted by Crippen LogP contribution is -2.03. The molecule has 0 aromatic rings. The van der Waals surface area contributed by atoms with Crippen molar-refractivity contribution in [3.8, 4) is 0 Å². The molecule has 15 heavy (non-hydrogen) atoms. The molecule has 0 saturated carbocycles. The Morgan fingerprint density at radius 1 is 1.13 bits per heavy atom. The van der Waals surface area contributed by atoms with Crippen LogP contribution in [0.4, 0.5) is 0 Å². The van der Waals surface area contributed by atoms with Crippen molar-refractivity contribution in [2.45, 2.75) is 71.3 Å². The van der Waals surface area contributed by atoms with Gasteiger partial charge in [-0.1, -0.05) is 57.9 Å². The van der Waals surface area contributed by atoms with Crippen LogP contribution in [0.3, 0.4) is 0 Å². The monoisotopic (exact) mass is 210 g/mol. The van der Waals surface area contributed by atoms with Gasteiger partial charge in [0.1, 0.15) is 0 Å². The standard InChI is InChI=1S/C14H26O/c1-3-4-5-6-7-8-9-10-14-11-13(2)12-15-14/h11,14H,3-10,12H2,1-2H3. The lowest BCUT2D eigenvalue weighted by Gasteiger charge is -2.07. The molecule has 0 aliphatic carbocycles. The van der Waals surface area contributed by atoms with Crippen LogP contribution in [0.1, 0.15) is 65.2 Å². The van der Waals surface area contributed by atoms with Gasteiger partial charge in [-0.05, 0) is 18.9 Å². The second-order valence-electron chi connectivity index (χ2n) is 4.77. The van der Waals surface area contributed by atoms with Crippen molar-refractivity contribution >= 4 is 0 Å². The molecule has 0 saturated heterocycles. The Kier molecular flexibility index (Phi) is 6.74. The van der Waals surface area contributed by atoms with Crippen LogP contribution in [-0.4, -0.2) is 12.7 Å². The molecule has 1 aliphatic rings. The Morgan fingerprint density at radius 3 is 2.40 bits per heavy atom. The van der Waals surface area contributed by atoms with Gasteiger partial charge in [0, 0.05) is 0 Å². The summed E-state index contributed by atoms with van der Waals surface area (Å²) in [6.07, 6.45) is 13.7. The third-order valence-electron chi connectivity index (χ3n) is 3.09. The predicted octanol–water partition coefficient (Wildman–Crippen LogP) is 4.47. The van der Waals surface area contributed by atoms with E-state index in [1.807, 2.05) is 0 Å². The Balaban J connectivity index is 1.85. The van der Waals surface area contributed by atoms with Crippen LogP contribution in [0, 0.1) is 0 Å². The van der Waals surface area contributed by atoms with Crippen LogP contribution < -0.4 is 0 Å². The SMILES string of the molecule is CCCCCCCCCC1C=C(C)CO1. The van der Waals surface area contributed by atoms with Crippen LogP contribution in [0.25, 0.3) is 0 Å². The van der Waals surface area contributed by atoms with Crippen molar-refractivity contribution in [3.63, 3.8) is 0 Å². The zero-order valence-electron chi connectivity index (χ0n) is 10.4. The smallest absolute Gasteiger partial charge is 0.0763 e. The molecule has 0 fully saturated rings. The Labute approximate surface area is 94.9 Å². The zero-order valence-corrected chi connectivity index (χ0v) is 10.4. The molecule has 0 N–H and O–H groups in total. The number of ether oxygens (including phenoxy) is 1. The fourth-order valence-corrected chi connectivity index (χ4v) is 2.12. The maximum atomic E-state index is 5.62. The normalized spacial score (nSPS) is 20.7. The summed E-state index contributed by atoms with van der Waals surface area (Å²) in [6, 6.07) is 0. The first-order valence-electron chi connectivity index (χ1n) is 6.62. The molecule has 0 aromatic carbocycles. The van der Waals surface area contributed by atoms with E-state index in [9.17, 15) is 0 Å². The first-order valence-corrected chi connectivity index (χ1v) is 6.62. The molecule has 1 nitrogen and oxygen atoms in total. The van der Waals surface area contributed by atoms with Crippen molar-refractivity contribution in [1.82, 2.24) is 0 Å². The van der Waals surface area contributed by atoms with E-state index in [0.29, 0.717) is 6.10 Å². The molecule has 0 radical (unpaired) electrons. The molecular weight excluding hydrogens is 184 g/mol. The second-order valence-corrected chi connectivity index (χ2v) is 4.77. The van der Waals surface area contributed by atoms with Crippen molar-refractivity contribution in [2.75, 3.05) is 6.61 Å². The number of hydrogen-bond donors (Lipinski definition) is 0. The first kappa shape index (κ1) is 12.8. The molecule has 0 bridgehead atoms. The lowest BCUT2D eigenvalue weighted by atomic mass is 10.1. The third kappa shape index (κ3) is 5.99. The molecule has 1 rings (SSSR count). The highest BCUT2D eigenvalue weighted by molar-refractivity contribution is 5.07. The van der Waals surface area contributed by atoms with Crippen LogP contribution in [0.5, 0.6) is 0 Å². The van der Waals surface area contributed by atoms with Gasteiger partial charge in [0.05, 0.1) is 12.7 Å². The lowest BCUT2D eigenvalue weighted by molar-refractivity contribution is 0.116. The van der Waals surface area contributed by atoms with Gasteiger partial charge in [0.25, 0.3) is 0 Å². The fraction of sp³-hybridized carbons (Fsp3) is 0.857. The molecule has 1 atom stereocenters. The van der Waals surface area contributed by atoms with Gasteiger partial charge in [-0.3, -0.25) is 0 Å². The van der Waals surface area contributed by atoms with Gasteiger partial charge in [-0.15, -0.1) is 0 Å². The van der Waals surface area contributed by atoms with Gasteiger partial charge in [0.15, 0.2) is 0 Å². The van der Waals surface area contributed by atoms with Crippen molar-refractivity contribution in [2.24, 2.45) is 0 Å². The van der Waals surface area contributed by atoms with Crippen LogP contribution in [0.2, 0.25) is 0 Å². The number of rotatable bonds is 8. The summed E-state index contributed by atoms with van der Waals surface area (Å²) >= 11 is 0. The van der Waals surface area contributed by atoms with E-state index >= 15 is 0 Å². The fourth-order valence-electron chi connectivity index (χ4n) is 2.12. The average Bonchev–Trinajstić information content (AvgIpc) is 2.63. The topological polar surface area (TPSA) is 9.23 Å². The van der Waals surface area contributed by atoms with Crippen molar-refractivity contribution in [1.29, 1.82) is 0 Å². The van der Waals surface area contributed by atoms with Crippen LogP contribution in [0.15, 0.2) is 11.6 Å². The highest BCUT2D eigenvalue weighted by Crippen LogP contribution is 2.17. The molecule has 1 aliphatic heterocycles. The van der Waals surface area contributed by atoms with Gasteiger partial charge in [0.2, 0.25) is 0 Å². The Bertz CT molecular complexity index is 184. The number of hydrogen-bond acceptors (Lipinski definition) is 1. The van der Waals surface area contributed by atoms with E-state index < -0.39 is 0 Å². The zero-order chi connectivity index (χ0) is 10.9. The maximum Gasteiger partial charge on any atom is 0.0763 e. The van der Waals surface area contributed by atoms with Crippen molar-refractivity contribution in [3.05, 3.63) is 11.6 Å². The maximum absolute atomic E-state index is 5.62. The molecular formula is C14H26O. The molecule has 1 heterocycles. The molecule has 1 heteroatoms. The number of unbranched alkanes of at least 4 members (excludes halogenated alkanes) is 6. The third-order valence-corrected chi connectivity index (χ3v) is 3.09. The Morgan fingerprint density at radius 2 is 1.80 bits per heavy atom. The van der Waals surface area contributed by atoms with Crippen molar-refractivity contribution < 1.29 is 4.74 Å². The second kappa shape index (κ2) is 7.92. The summed E-state index contributed by atoms with van der Waals surface area (Å²) in [5, 5.41) is 0. The van der Waals surface area contributed by atoms with E-state index in [4.69, 9.17) is 4.74 Å². The predicted molar refractivity (Wildman–Crippen MR) is 66.1 cm³/mol. The largest absolute Gasteiger partial charge is 0.370 e. The molecule has 1 unspecified atom stereocenters. The molecule has 0 amide bonds. The van der Waals surface area contributed by atoms with E-state index in [1.165, 1.54) is 56.9 Å². The quantitative estimate of drug-likeness (QED) is 0.424. The van der Waals surface area contributed by atoms with E-state index in [1.54, 1.807) is 0 Å². The van der Waals surface area contributed by atoms with Gasteiger partial charge in [-0.25, -0.2) is 0 Å². The minimum absolute atomic E-state index is 0.431. The van der Waals surface area contributed by atoms with Gasteiger partial charge >= 0.3 is 0 Å². The Hall–Kier alpha value is -0.300. The highest BCUT2D eigenvalue weighted by atomic mass is 16.5. The van der Waals surface area contributed by atoms with E-state index in [0.717, 1.165) is 6.61 Å². The summed E-state index contributed by atoms with van der Waals surface area (Å²) in [5.74, 6) is 0. The van der Waals surface area contributed by atoms with Gasteiger partial charge in [-0.2, -0.15) is 0 Å². The summed E-state index contributed by atoms with van der Waals surface area (Å²) < 4.78 is 5.62. The average molecular weight is 210 g/mol. The summed E-state index contributed by atoms with van der Waals surface area (Å²) in [4.78, 5) is 0. The van der Waals surface area contributed by atoms with Crippen LogP contribution >= 0.6 is 0 Å². The molecule has 0 spiro atoms. The highest BCUT2D eigenvalue weighted by Gasteiger charge is 2.12. The summed E-state index contributed by atoms with van der Waals surface area (Å²) in [6.45, 7) is 5.29. The first-order chi connectivity index (χ1) is 7.33. The summed E-state index contributed by atoms with van der Waals surface area (Å²) in [5.41, 5.74) is 1.41. The van der Waals surface area contributed by atoms with E-state index in [2.05, 4.69) is 19.9 Å². The van der Waals surface area contributed by atoms with E-state index in [-0.39, 0.29) is 0 Å². The molecule has 88 valence electrons. The summed E-state index contributed by atoms with van der Waals surface area (Å²) in [7, 11) is 0. The minimum Gasteiger partial charge on any atom is -0.370 e. The van der Waals surface area contributed by atoms with Gasteiger partial charge < -0.3 is 4.74 Å². The minimum atomic E-state index is 0.431. The molecule has 0 aromatic heterocycles.